The predicted octanol–water partition coefficient (Wildman–Crippen LogP) is 18.5. The molecule has 3 aliphatic heterocycles. The molecule has 0 bridgehead atoms. The lowest BCUT2D eigenvalue weighted by Crippen LogP contribution is -2.34. The Morgan fingerprint density at radius 3 is 1.34 bits per heavy atom. The number of carbonyl (C=O) groups is 2. The lowest BCUT2D eigenvalue weighted by molar-refractivity contribution is -0.124. The summed E-state index contributed by atoms with van der Waals surface area (Å²) in [5, 5.41) is 0.789. The van der Waals surface area contributed by atoms with Crippen LogP contribution in [0.5, 0.6) is 0 Å². The van der Waals surface area contributed by atoms with E-state index in [0.29, 0.717) is 24.2 Å². The maximum atomic E-state index is 15.1. The molecular formula is C61H89N3O2S2. The van der Waals surface area contributed by atoms with Gasteiger partial charge in [-0.05, 0) is 30.4 Å². The van der Waals surface area contributed by atoms with Crippen molar-refractivity contribution >= 4 is 45.5 Å². The number of unbranched alkanes of at least 4 members (excludes halogenated alkanes) is 30. The van der Waals surface area contributed by atoms with Crippen molar-refractivity contribution < 1.29 is 9.59 Å². The third-order valence-corrected chi connectivity index (χ3v) is 17.0. The van der Waals surface area contributed by atoms with Crippen molar-refractivity contribution in [2.24, 2.45) is 0 Å². The highest BCUT2D eigenvalue weighted by molar-refractivity contribution is 8.09. The Bertz CT molecular complexity index is 2000. The number of hydrogen-bond donors (Lipinski definition) is 0. The Morgan fingerprint density at radius 1 is 0.485 bits per heavy atom. The van der Waals surface area contributed by atoms with Crippen LogP contribution in [-0.2, 0) is 9.59 Å². The number of rotatable bonds is 38. The van der Waals surface area contributed by atoms with Gasteiger partial charge >= 0.3 is 0 Å². The van der Waals surface area contributed by atoms with Crippen LogP contribution in [0.1, 0.15) is 236 Å². The van der Waals surface area contributed by atoms with E-state index in [1.54, 1.807) is 11.3 Å². The molecule has 0 N–H and O–H groups in total. The fraction of sp³-hybridized carbons (Fsp3) is 0.623. The number of allylic oxidation sites excluding steroid dienone is 1. The summed E-state index contributed by atoms with van der Waals surface area (Å²) in [5.74, 6) is -0.00184. The van der Waals surface area contributed by atoms with Crippen LogP contribution in [0.4, 0.5) is 0 Å². The van der Waals surface area contributed by atoms with Gasteiger partial charge in [0.05, 0.1) is 27.0 Å². The first-order chi connectivity index (χ1) is 33.6. The summed E-state index contributed by atoms with van der Waals surface area (Å²) in [5.41, 5.74) is 5.24. The van der Waals surface area contributed by atoms with E-state index in [1.165, 1.54) is 190 Å². The zero-order chi connectivity index (χ0) is 47.4. The monoisotopic (exact) mass is 960 g/mol. The largest absolute Gasteiger partial charge is 0.310 e. The van der Waals surface area contributed by atoms with E-state index in [9.17, 15) is 0 Å². The number of amides is 2. The van der Waals surface area contributed by atoms with Crippen LogP contribution in [0.3, 0.4) is 0 Å². The van der Waals surface area contributed by atoms with Crippen molar-refractivity contribution in [3.05, 3.63) is 100 Å². The maximum Gasteiger partial charge on any atom is 0.261 e. The molecular weight excluding hydrogens is 871 g/mol. The number of fused-ring (bicyclic) bond motifs is 1. The summed E-state index contributed by atoms with van der Waals surface area (Å²) in [6, 6.07) is 21.0. The molecule has 7 heteroatoms. The molecule has 0 fully saturated rings. The van der Waals surface area contributed by atoms with Gasteiger partial charge in [-0.15, -0.1) is 23.1 Å². The summed E-state index contributed by atoms with van der Waals surface area (Å²) in [6.45, 7) is 5.86. The number of carbonyl (C=O) groups excluding carboxylic acids is 2. The molecule has 2 aromatic carbocycles. The van der Waals surface area contributed by atoms with Gasteiger partial charge in [-0.2, -0.15) is 0 Å². The van der Waals surface area contributed by atoms with E-state index in [4.69, 9.17) is 4.98 Å². The fourth-order valence-corrected chi connectivity index (χ4v) is 12.9. The molecule has 0 spiro atoms. The highest BCUT2D eigenvalue weighted by Gasteiger charge is 2.51. The van der Waals surface area contributed by atoms with E-state index in [1.807, 2.05) is 33.8 Å². The molecule has 5 nitrogen and oxygen atoms in total. The van der Waals surface area contributed by atoms with E-state index >= 15 is 9.59 Å². The normalized spacial score (nSPS) is 16.0. The Balaban J connectivity index is 1.06. The molecule has 0 saturated carbocycles. The molecule has 0 saturated heterocycles. The first-order valence-electron chi connectivity index (χ1n) is 28.2. The van der Waals surface area contributed by atoms with Gasteiger partial charge < -0.3 is 9.80 Å². The fourth-order valence-electron chi connectivity index (χ4n) is 10.6. The average Bonchev–Trinajstić information content (AvgIpc) is 4.17. The van der Waals surface area contributed by atoms with E-state index in [2.05, 4.69) is 74.5 Å². The third kappa shape index (κ3) is 16.9. The summed E-state index contributed by atoms with van der Waals surface area (Å²) in [6.07, 6.45) is 47.2. The van der Waals surface area contributed by atoms with Crippen molar-refractivity contribution in [1.29, 1.82) is 0 Å². The van der Waals surface area contributed by atoms with Gasteiger partial charge in [-0.25, -0.2) is 4.98 Å². The Labute approximate surface area is 422 Å². The number of thiazole rings is 1. The quantitative estimate of drug-likeness (QED) is 0.0537. The second-order valence-corrected chi connectivity index (χ2v) is 22.5. The van der Waals surface area contributed by atoms with Crippen molar-refractivity contribution in [2.45, 2.75) is 231 Å². The highest BCUT2D eigenvalue weighted by atomic mass is 32.2. The first-order valence-corrected chi connectivity index (χ1v) is 29.9. The van der Waals surface area contributed by atoms with Crippen molar-refractivity contribution in [3.63, 3.8) is 0 Å². The van der Waals surface area contributed by atoms with Gasteiger partial charge in [-0.1, -0.05) is 273 Å². The molecule has 0 aliphatic carbocycles. The average molecular weight is 961 g/mol. The number of nitrogens with zero attached hydrogens (tertiary/aromatic N) is 3. The van der Waals surface area contributed by atoms with E-state index < -0.39 is 0 Å². The smallest absolute Gasteiger partial charge is 0.261 e. The van der Waals surface area contributed by atoms with E-state index in [-0.39, 0.29) is 17.1 Å². The Hall–Kier alpha value is -3.42. The zero-order valence-electron chi connectivity index (χ0n) is 42.7. The molecule has 0 radical (unpaired) electrons. The molecule has 372 valence electrons. The first kappa shape index (κ1) is 53.9. The molecule has 68 heavy (non-hydrogen) atoms. The lowest BCUT2D eigenvalue weighted by atomic mass is 10.0. The minimum Gasteiger partial charge on any atom is -0.310 e. The molecule has 2 amide bonds. The second-order valence-electron chi connectivity index (χ2n) is 20.2. The SMILES string of the molecule is CCCCCCCCCCCCCCCCCCN1C(=O)C2=C(C3CC=C(c4ccccc4)S3)N(CCCCCCCCCCCCCCCCCC)C(=O)C2=C1c1ncc(-c2ccccc2)s1. The lowest BCUT2D eigenvalue weighted by Gasteiger charge is -2.27. The highest BCUT2D eigenvalue weighted by Crippen LogP contribution is 2.51. The number of hydrogen-bond acceptors (Lipinski definition) is 5. The maximum absolute atomic E-state index is 15.1. The van der Waals surface area contributed by atoms with Gasteiger partial charge in [-0.3, -0.25) is 9.59 Å². The molecule has 1 aromatic heterocycles. The molecule has 1 unspecified atom stereocenters. The summed E-state index contributed by atoms with van der Waals surface area (Å²) < 4.78 is 0. The van der Waals surface area contributed by atoms with Crippen LogP contribution in [0.2, 0.25) is 0 Å². The Kier molecular flexibility index (Phi) is 25.2. The summed E-state index contributed by atoms with van der Waals surface area (Å²) in [7, 11) is 0. The van der Waals surface area contributed by atoms with Crippen LogP contribution in [0.25, 0.3) is 21.0 Å². The molecule has 4 heterocycles. The van der Waals surface area contributed by atoms with Crippen molar-refractivity contribution in [2.75, 3.05) is 13.1 Å². The molecule has 6 rings (SSSR count). The minimum atomic E-state index is -0.000921. The van der Waals surface area contributed by atoms with Crippen LogP contribution >= 0.6 is 23.1 Å². The number of aromatic nitrogens is 1. The van der Waals surface area contributed by atoms with Gasteiger partial charge in [0, 0.05) is 29.9 Å². The Morgan fingerprint density at radius 2 is 0.882 bits per heavy atom. The predicted molar refractivity (Wildman–Crippen MR) is 294 cm³/mol. The molecule has 1 atom stereocenters. The van der Waals surface area contributed by atoms with Gasteiger partial charge in [0.1, 0.15) is 5.01 Å². The van der Waals surface area contributed by atoms with Gasteiger partial charge in [0.2, 0.25) is 0 Å². The van der Waals surface area contributed by atoms with Crippen molar-refractivity contribution in [3.8, 4) is 10.4 Å². The van der Waals surface area contributed by atoms with Crippen LogP contribution in [0, 0.1) is 0 Å². The summed E-state index contributed by atoms with van der Waals surface area (Å²) >= 11 is 3.43. The second kappa shape index (κ2) is 31.7. The molecule has 3 aliphatic rings. The number of benzene rings is 2. The molecule has 3 aromatic rings. The van der Waals surface area contributed by atoms with Crippen LogP contribution < -0.4 is 0 Å². The van der Waals surface area contributed by atoms with Crippen molar-refractivity contribution in [1.82, 2.24) is 14.8 Å². The number of thioether (sulfide) groups is 1. The van der Waals surface area contributed by atoms with Gasteiger partial charge in [0.25, 0.3) is 11.8 Å². The minimum absolute atomic E-state index is 0.000921. The topological polar surface area (TPSA) is 53.5 Å². The summed E-state index contributed by atoms with van der Waals surface area (Å²) in [4.78, 5) is 41.4. The van der Waals surface area contributed by atoms with Gasteiger partial charge in [0.15, 0.2) is 0 Å². The van der Waals surface area contributed by atoms with Crippen LogP contribution in [0.15, 0.2) is 89.8 Å². The van der Waals surface area contributed by atoms with E-state index in [0.717, 1.165) is 58.9 Å². The third-order valence-electron chi connectivity index (χ3n) is 14.6. The van der Waals surface area contributed by atoms with Crippen LogP contribution in [-0.4, -0.2) is 44.9 Å². The standard InChI is InChI=1S/C61H89N3O2S2/c1-3-5-7-9-11-13-15-17-19-21-23-25-27-29-31-39-47-63-57(53-46-45-52(67-53)50-41-35-33-36-42-50)55-56(61(63)66)58(59-62-49-54(68-59)51-43-37-34-38-44-51)64(60(55)65)48-40-32-30-28-26-24-22-20-18-16-14-12-10-8-6-4-2/h33-38,41-45,49,53H,3-32,39-40,46-48H2,1-2H3. The zero-order valence-corrected chi connectivity index (χ0v) is 44.4.